The molecule has 0 aliphatic rings. The molecule has 0 unspecified atom stereocenters. The molecule has 0 spiro atoms. The van der Waals surface area contributed by atoms with Gasteiger partial charge in [0.1, 0.15) is 0 Å². The molecule has 0 heterocycles. The van der Waals surface area contributed by atoms with Crippen LogP contribution in [0.5, 0.6) is 0 Å². The SMILES string of the molecule is C[C@H](C[C@@H](C)OS(C)(=O)=O)O[Si](C)(C)C(C)(C)C. The van der Waals surface area contributed by atoms with Crippen molar-refractivity contribution < 1.29 is 17.0 Å². The normalized spacial score (nSPS) is 17.6. The second-order valence-corrected chi connectivity index (χ2v) is 12.9. The maximum absolute atomic E-state index is 11.0. The molecule has 0 fully saturated rings. The van der Waals surface area contributed by atoms with Crippen LogP contribution < -0.4 is 0 Å². The lowest BCUT2D eigenvalue weighted by Gasteiger charge is -2.38. The van der Waals surface area contributed by atoms with Crippen molar-refractivity contribution in [3.8, 4) is 0 Å². The van der Waals surface area contributed by atoms with Crippen molar-refractivity contribution in [3.05, 3.63) is 0 Å². The third-order valence-electron chi connectivity index (χ3n) is 3.30. The van der Waals surface area contributed by atoms with Gasteiger partial charge in [-0.15, -0.1) is 0 Å². The highest BCUT2D eigenvalue weighted by Crippen LogP contribution is 2.37. The molecule has 4 nitrogen and oxygen atoms in total. The average Bonchev–Trinajstić information content (AvgIpc) is 1.94. The van der Waals surface area contributed by atoms with Gasteiger partial charge in [-0.1, -0.05) is 20.8 Å². The van der Waals surface area contributed by atoms with E-state index in [2.05, 4.69) is 33.9 Å². The lowest BCUT2D eigenvalue weighted by molar-refractivity contribution is 0.125. The highest BCUT2D eigenvalue weighted by atomic mass is 32.2. The summed E-state index contributed by atoms with van der Waals surface area (Å²) in [6, 6.07) is 0. The quantitative estimate of drug-likeness (QED) is 0.558. The molecule has 18 heavy (non-hydrogen) atoms. The van der Waals surface area contributed by atoms with Crippen LogP contribution >= 0.6 is 0 Å². The van der Waals surface area contributed by atoms with Gasteiger partial charge in [0.15, 0.2) is 8.32 Å². The Morgan fingerprint density at radius 3 is 1.89 bits per heavy atom. The lowest BCUT2D eigenvalue weighted by Crippen LogP contribution is -2.43. The molecule has 0 saturated carbocycles. The molecule has 0 amide bonds. The summed E-state index contributed by atoms with van der Waals surface area (Å²) in [7, 11) is -5.18. The third-order valence-corrected chi connectivity index (χ3v) is 8.59. The first-order valence-corrected chi connectivity index (χ1v) is 11.0. The van der Waals surface area contributed by atoms with Gasteiger partial charge in [0.25, 0.3) is 10.1 Å². The minimum absolute atomic E-state index is 0.00245. The van der Waals surface area contributed by atoms with Gasteiger partial charge < -0.3 is 4.43 Å². The molecule has 0 bridgehead atoms. The Morgan fingerprint density at radius 1 is 1.11 bits per heavy atom. The Hall–Kier alpha value is 0.0869. The Balaban J connectivity index is 4.40. The number of hydrogen-bond acceptors (Lipinski definition) is 4. The summed E-state index contributed by atoms with van der Waals surface area (Å²) in [4.78, 5) is 0. The molecule has 0 N–H and O–H groups in total. The van der Waals surface area contributed by atoms with Crippen molar-refractivity contribution in [1.82, 2.24) is 0 Å². The van der Waals surface area contributed by atoms with E-state index in [1.165, 1.54) is 0 Å². The number of rotatable bonds is 6. The fourth-order valence-electron chi connectivity index (χ4n) is 1.53. The third kappa shape index (κ3) is 6.87. The number of hydrogen-bond donors (Lipinski definition) is 0. The van der Waals surface area contributed by atoms with E-state index in [1.807, 2.05) is 6.92 Å². The molecule has 0 aromatic rings. The smallest absolute Gasteiger partial charge is 0.264 e. The van der Waals surface area contributed by atoms with Gasteiger partial charge in [-0.3, -0.25) is 4.18 Å². The lowest BCUT2D eigenvalue weighted by atomic mass is 10.2. The Bertz CT molecular complexity index is 357. The fraction of sp³-hybridized carbons (Fsp3) is 1.00. The Kier molecular flexibility index (Phi) is 6.06. The maximum Gasteiger partial charge on any atom is 0.264 e. The zero-order valence-corrected chi connectivity index (χ0v) is 14.7. The van der Waals surface area contributed by atoms with Crippen LogP contribution in [0.3, 0.4) is 0 Å². The first-order chi connectivity index (χ1) is 7.74. The molecule has 0 saturated heterocycles. The first kappa shape index (κ1) is 18.1. The van der Waals surface area contributed by atoms with E-state index in [0.717, 1.165) is 6.26 Å². The van der Waals surface area contributed by atoms with Crippen LogP contribution in [-0.2, 0) is 18.7 Å². The van der Waals surface area contributed by atoms with E-state index in [9.17, 15) is 8.42 Å². The molecule has 2 atom stereocenters. The van der Waals surface area contributed by atoms with Crippen molar-refractivity contribution >= 4 is 18.4 Å². The van der Waals surface area contributed by atoms with Crippen LogP contribution in [-0.4, -0.2) is 35.2 Å². The van der Waals surface area contributed by atoms with Gasteiger partial charge in [0.2, 0.25) is 0 Å². The maximum atomic E-state index is 11.0. The highest BCUT2D eigenvalue weighted by molar-refractivity contribution is 7.86. The van der Waals surface area contributed by atoms with Crippen LogP contribution in [0.25, 0.3) is 0 Å². The monoisotopic (exact) mass is 296 g/mol. The standard InChI is InChI=1S/C12H28O4SSi/c1-10(15-17(6,13)14)9-11(2)16-18(7,8)12(3,4)5/h10-11H,9H2,1-8H3/t10-,11-/m1/s1. The summed E-state index contributed by atoms with van der Waals surface area (Å²) in [6.45, 7) is 14.7. The molecular formula is C12H28O4SSi. The van der Waals surface area contributed by atoms with Crippen molar-refractivity contribution in [1.29, 1.82) is 0 Å². The van der Waals surface area contributed by atoms with Crippen LogP contribution in [0.2, 0.25) is 18.1 Å². The summed E-state index contributed by atoms with van der Waals surface area (Å²) in [5, 5.41) is 0.155. The van der Waals surface area contributed by atoms with Crippen LogP contribution in [0.1, 0.15) is 41.0 Å². The highest BCUT2D eigenvalue weighted by Gasteiger charge is 2.38. The van der Waals surface area contributed by atoms with Gasteiger partial charge in [0.05, 0.1) is 12.4 Å². The zero-order valence-electron chi connectivity index (χ0n) is 12.9. The Morgan fingerprint density at radius 2 is 1.56 bits per heavy atom. The molecule has 0 aliphatic carbocycles. The fourth-order valence-corrected chi connectivity index (χ4v) is 3.66. The summed E-state index contributed by atoms with van der Waals surface area (Å²) < 4.78 is 33.1. The van der Waals surface area contributed by atoms with Crippen molar-refractivity contribution in [3.63, 3.8) is 0 Å². The molecular weight excluding hydrogens is 268 g/mol. The summed E-state index contributed by atoms with van der Waals surface area (Å²) >= 11 is 0. The van der Waals surface area contributed by atoms with E-state index < -0.39 is 18.4 Å². The van der Waals surface area contributed by atoms with E-state index in [0.29, 0.717) is 6.42 Å². The van der Waals surface area contributed by atoms with Gasteiger partial charge >= 0.3 is 0 Å². The Labute approximate surface area is 113 Å². The van der Waals surface area contributed by atoms with Crippen LogP contribution in [0.4, 0.5) is 0 Å². The second-order valence-electron chi connectivity index (χ2n) is 6.54. The van der Waals surface area contributed by atoms with Gasteiger partial charge in [0, 0.05) is 6.10 Å². The molecule has 0 rings (SSSR count). The van der Waals surface area contributed by atoms with Crippen LogP contribution in [0, 0.1) is 0 Å². The molecule has 6 heteroatoms. The predicted molar refractivity (Wildman–Crippen MR) is 77.8 cm³/mol. The zero-order chi connectivity index (χ0) is 14.8. The van der Waals surface area contributed by atoms with E-state index >= 15 is 0 Å². The van der Waals surface area contributed by atoms with Crippen molar-refractivity contribution in [2.75, 3.05) is 6.26 Å². The summed E-state index contributed by atoms with van der Waals surface area (Å²) in [5.41, 5.74) is 0. The molecule has 110 valence electrons. The summed E-state index contributed by atoms with van der Waals surface area (Å²) in [5.74, 6) is 0. The van der Waals surface area contributed by atoms with Crippen molar-refractivity contribution in [2.24, 2.45) is 0 Å². The van der Waals surface area contributed by atoms with Crippen LogP contribution in [0.15, 0.2) is 0 Å². The topological polar surface area (TPSA) is 52.6 Å². The largest absolute Gasteiger partial charge is 0.414 e. The molecule has 0 aliphatic heterocycles. The van der Waals surface area contributed by atoms with Gasteiger partial charge in [-0.05, 0) is 38.4 Å². The molecule has 0 radical (unpaired) electrons. The minimum Gasteiger partial charge on any atom is -0.414 e. The second kappa shape index (κ2) is 6.03. The molecule has 0 aromatic heterocycles. The van der Waals surface area contributed by atoms with E-state index in [4.69, 9.17) is 8.61 Å². The molecule has 0 aromatic carbocycles. The van der Waals surface area contributed by atoms with Gasteiger partial charge in [-0.2, -0.15) is 8.42 Å². The van der Waals surface area contributed by atoms with Gasteiger partial charge in [-0.25, -0.2) is 0 Å². The van der Waals surface area contributed by atoms with Crippen molar-refractivity contribution in [2.45, 2.75) is 71.4 Å². The van der Waals surface area contributed by atoms with E-state index in [-0.39, 0.29) is 17.2 Å². The summed E-state index contributed by atoms with van der Waals surface area (Å²) in [6.07, 6.45) is 1.31. The average molecular weight is 297 g/mol. The van der Waals surface area contributed by atoms with E-state index in [1.54, 1.807) is 6.92 Å². The minimum atomic E-state index is -3.39. The predicted octanol–water partition coefficient (Wildman–Crippen LogP) is 3.15. The first-order valence-electron chi connectivity index (χ1n) is 6.30.